The van der Waals surface area contributed by atoms with Crippen LogP contribution < -0.4 is 10.1 Å². The summed E-state index contributed by atoms with van der Waals surface area (Å²) in [5, 5.41) is 3.17. The van der Waals surface area contributed by atoms with Crippen molar-refractivity contribution in [1.29, 1.82) is 0 Å². The molecule has 0 aromatic heterocycles. The summed E-state index contributed by atoms with van der Waals surface area (Å²) in [6.07, 6.45) is 2.05. The molecule has 1 N–H and O–H groups in total. The SMILES string of the molecule is CNCc1cc(Br)cc(C)c1OCCCCOC. The van der Waals surface area contributed by atoms with Crippen molar-refractivity contribution in [2.45, 2.75) is 26.3 Å². The molecule has 0 aliphatic rings. The van der Waals surface area contributed by atoms with Crippen molar-refractivity contribution in [1.82, 2.24) is 5.32 Å². The molecule has 3 nitrogen and oxygen atoms in total. The van der Waals surface area contributed by atoms with Crippen molar-refractivity contribution in [3.05, 3.63) is 27.7 Å². The van der Waals surface area contributed by atoms with E-state index in [2.05, 4.69) is 40.3 Å². The van der Waals surface area contributed by atoms with Crippen LogP contribution in [0.15, 0.2) is 16.6 Å². The van der Waals surface area contributed by atoms with Crippen LogP contribution in [0.1, 0.15) is 24.0 Å². The van der Waals surface area contributed by atoms with Crippen LogP contribution in [0.25, 0.3) is 0 Å². The number of hydrogen-bond acceptors (Lipinski definition) is 3. The molecule has 0 spiro atoms. The molecule has 0 fully saturated rings. The number of nitrogens with one attached hydrogen (secondary N) is 1. The monoisotopic (exact) mass is 315 g/mol. The molecular formula is C14H22BrNO2. The lowest BCUT2D eigenvalue weighted by Crippen LogP contribution is -2.09. The lowest BCUT2D eigenvalue weighted by Gasteiger charge is -2.15. The lowest BCUT2D eigenvalue weighted by atomic mass is 10.1. The molecule has 0 bridgehead atoms. The van der Waals surface area contributed by atoms with Crippen molar-refractivity contribution in [2.24, 2.45) is 0 Å². The second-order valence-corrected chi connectivity index (χ2v) is 5.21. The van der Waals surface area contributed by atoms with Crippen LogP contribution in [-0.2, 0) is 11.3 Å². The first-order chi connectivity index (χ1) is 8.69. The van der Waals surface area contributed by atoms with E-state index >= 15 is 0 Å². The number of hydrogen-bond donors (Lipinski definition) is 1. The highest BCUT2D eigenvalue weighted by Gasteiger charge is 2.08. The average molecular weight is 316 g/mol. The van der Waals surface area contributed by atoms with Crippen molar-refractivity contribution in [3.8, 4) is 5.75 Å². The summed E-state index contributed by atoms with van der Waals surface area (Å²) >= 11 is 3.52. The van der Waals surface area contributed by atoms with Gasteiger partial charge in [0.25, 0.3) is 0 Å². The molecule has 0 saturated carbocycles. The molecule has 0 radical (unpaired) electrons. The predicted molar refractivity (Wildman–Crippen MR) is 78.2 cm³/mol. The molecule has 0 saturated heterocycles. The molecule has 0 atom stereocenters. The van der Waals surface area contributed by atoms with Crippen LogP contribution in [0, 0.1) is 6.92 Å². The molecule has 1 rings (SSSR count). The predicted octanol–water partition coefficient (Wildman–Crippen LogP) is 3.28. The highest BCUT2D eigenvalue weighted by molar-refractivity contribution is 9.10. The van der Waals surface area contributed by atoms with Crippen molar-refractivity contribution >= 4 is 15.9 Å². The maximum atomic E-state index is 5.91. The third-order valence-corrected chi connectivity index (χ3v) is 3.13. The molecule has 0 aliphatic heterocycles. The van der Waals surface area contributed by atoms with Gasteiger partial charge >= 0.3 is 0 Å². The van der Waals surface area contributed by atoms with Crippen LogP contribution in [0.4, 0.5) is 0 Å². The summed E-state index contributed by atoms with van der Waals surface area (Å²) in [5.74, 6) is 1.00. The summed E-state index contributed by atoms with van der Waals surface area (Å²) in [7, 11) is 3.67. The standard InChI is InChI=1S/C14H22BrNO2/c1-11-8-13(15)9-12(10-16-2)14(11)18-7-5-4-6-17-3/h8-9,16H,4-7,10H2,1-3H3. The molecule has 0 aliphatic carbocycles. The highest BCUT2D eigenvalue weighted by atomic mass is 79.9. The third-order valence-electron chi connectivity index (χ3n) is 2.67. The summed E-state index contributed by atoms with van der Waals surface area (Å²) in [6, 6.07) is 4.19. The van der Waals surface area contributed by atoms with Gasteiger partial charge in [-0.05, 0) is 44.5 Å². The van der Waals surface area contributed by atoms with E-state index in [4.69, 9.17) is 9.47 Å². The maximum Gasteiger partial charge on any atom is 0.126 e. The van der Waals surface area contributed by atoms with Crippen molar-refractivity contribution < 1.29 is 9.47 Å². The van der Waals surface area contributed by atoms with Crippen LogP contribution in [0.5, 0.6) is 5.75 Å². The Labute approximate surface area is 118 Å². The molecule has 1 aromatic rings. The van der Waals surface area contributed by atoms with Crippen LogP contribution >= 0.6 is 15.9 Å². The molecule has 0 unspecified atom stereocenters. The zero-order valence-electron chi connectivity index (χ0n) is 11.4. The second-order valence-electron chi connectivity index (χ2n) is 4.29. The van der Waals surface area contributed by atoms with E-state index in [-0.39, 0.29) is 0 Å². The van der Waals surface area contributed by atoms with Gasteiger partial charge in [-0.2, -0.15) is 0 Å². The van der Waals surface area contributed by atoms with Crippen molar-refractivity contribution in [2.75, 3.05) is 27.4 Å². The van der Waals surface area contributed by atoms with Crippen LogP contribution in [-0.4, -0.2) is 27.4 Å². The van der Waals surface area contributed by atoms with E-state index in [9.17, 15) is 0 Å². The normalized spacial score (nSPS) is 10.7. The summed E-state index contributed by atoms with van der Waals surface area (Å²) in [6.45, 7) is 4.43. The van der Waals surface area contributed by atoms with Gasteiger partial charge in [0.05, 0.1) is 6.61 Å². The minimum absolute atomic E-state index is 0.739. The van der Waals surface area contributed by atoms with Gasteiger partial charge in [0.15, 0.2) is 0 Å². The Morgan fingerprint density at radius 1 is 1.22 bits per heavy atom. The van der Waals surface area contributed by atoms with Gasteiger partial charge in [0.1, 0.15) is 5.75 Å². The number of halogens is 1. The number of benzene rings is 1. The number of rotatable bonds is 8. The lowest BCUT2D eigenvalue weighted by molar-refractivity contribution is 0.184. The van der Waals surface area contributed by atoms with E-state index in [0.717, 1.165) is 42.8 Å². The number of methoxy groups -OCH3 is 1. The zero-order valence-corrected chi connectivity index (χ0v) is 13.0. The Morgan fingerprint density at radius 2 is 1.94 bits per heavy atom. The van der Waals surface area contributed by atoms with E-state index < -0.39 is 0 Å². The number of aryl methyl sites for hydroxylation is 1. The molecule has 102 valence electrons. The smallest absolute Gasteiger partial charge is 0.126 e. The fourth-order valence-electron chi connectivity index (χ4n) is 1.85. The third kappa shape index (κ3) is 4.96. The first-order valence-electron chi connectivity index (χ1n) is 6.24. The molecule has 1 aromatic carbocycles. The van der Waals surface area contributed by atoms with Gasteiger partial charge < -0.3 is 14.8 Å². The summed E-state index contributed by atoms with van der Waals surface area (Å²) in [5.41, 5.74) is 2.36. The van der Waals surface area contributed by atoms with Gasteiger partial charge in [0, 0.05) is 30.3 Å². The van der Waals surface area contributed by atoms with Gasteiger partial charge in [-0.15, -0.1) is 0 Å². The van der Waals surface area contributed by atoms with E-state index in [0.29, 0.717) is 0 Å². The Kier molecular flexibility index (Phi) is 7.32. The minimum Gasteiger partial charge on any atom is -0.493 e. The number of ether oxygens (including phenoxy) is 2. The highest BCUT2D eigenvalue weighted by Crippen LogP contribution is 2.28. The summed E-state index contributed by atoms with van der Waals surface area (Å²) < 4.78 is 12.0. The maximum absolute atomic E-state index is 5.91. The quantitative estimate of drug-likeness (QED) is 0.747. The van der Waals surface area contributed by atoms with Crippen LogP contribution in [0.3, 0.4) is 0 Å². The molecule has 4 heteroatoms. The molecule has 0 amide bonds. The van der Waals surface area contributed by atoms with E-state index in [1.54, 1.807) is 7.11 Å². The van der Waals surface area contributed by atoms with Gasteiger partial charge in [-0.3, -0.25) is 0 Å². The van der Waals surface area contributed by atoms with E-state index in [1.807, 2.05) is 7.05 Å². The van der Waals surface area contributed by atoms with Crippen molar-refractivity contribution in [3.63, 3.8) is 0 Å². The Balaban J connectivity index is 2.62. The summed E-state index contributed by atoms with van der Waals surface area (Å²) in [4.78, 5) is 0. The molecule has 0 heterocycles. The Hall–Kier alpha value is -0.580. The number of unbranched alkanes of at least 4 members (excludes halogenated alkanes) is 1. The van der Waals surface area contributed by atoms with Crippen LogP contribution in [0.2, 0.25) is 0 Å². The topological polar surface area (TPSA) is 30.5 Å². The average Bonchev–Trinajstić information content (AvgIpc) is 2.32. The van der Waals surface area contributed by atoms with Gasteiger partial charge in [-0.1, -0.05) is 15.9 Å². The fraction of sp³-hybridized carbons (Fsp3) is 0.571. The second kappa shape index (κ2) is 8.51. The Morgan fingerprint density at radius 3 is 2.61 bits per heavy atom. The first-order valence-corrected chi connectivity index (χ1v) is 7.03. The molecule has 18 heavy (non-hydrogen) atoms. The Bertz CT molecular complexity index is 369. The fourth-order valence-corrected chi connectivity index (χ4v) is 2.47. The molecular weight excluding hydrogens is 294 g/mol. The zero-order chi connectivity index (χ0) is 13.4. The minimum atomic E-state index is 0.739. The van der Waals surface area contributed by atoms with E-state index in [1.165, 1.54) is 11.1 Å². The largest absolute Gasteiger partial charge is 0.493 e. The van der Waals surface area contributed by atoms with Gasteiger partial charge in [0.2, 0.25) is 0 Å². The van der Waals surface area contributed by atoms with Gasteiger partial charge in [-0.25, -0.2) is 0 Å². The first kappa shape index (κ1) is 15.5.